The lowest BCUT2D eigenvalue weighted by Crippen LogP contribution is -2.48. The summed E-state index contributed by atoms with van der Waals surface area (Å²) >= 11 is 0. The number of imidazole rings is 1. The monoisotopic (exact) mass is 353 g/mol. The topological polar surface area (TPSA) is 100 Å². The fourth-order valence-corrected chi connectivity index (χ4v) is 4.13. The molecular formula is C14H23N7O2S. The third-order valence-electron chi connectivity index (χ3n) is 4.29. The fraction of sp³-hybridized carbons (Fsp3) is 0.643. The molecule has 3 rings (SSSR count). The van der Waals surface area contributed by atoms with Crippen LogP contribution in [0.15, 0.2) is 11.2 Å². The molecule has 2 aromatic heterocycles. The molecule has 0 amide bonds. The Morgan fingerprint density at radius 2 is 1.92 bits per heavy atom. The van der Waals surface area contributed by atoms with Gasteiger partial charge in [-0.25, -0.2) is 18.4 Å². The van der Waals surface area contributed by atoms with Gasteiger partial charge in [-0.2, -0.15) is 9.40 Å². The molecule has 9 nitrogen and oxygen atoms in total. The van der Waals surface area contributed by atoms with Crippen LogP contribution in [0.25, 0.3) is 0 Å². The molecule has 24 heavy (non-hydrogen) atoms. The highest BCUT2D eigenvalue weighted by atomic mass is 32.2. The maximum Gasteiger partial charge on any atom is 0.262 e. The van der Waals surface area contributed by atoms with Crippen LogP contribution in [0.2, 0.25) is 0 Å². The van der Waals surface area contributed by atoms with Crippen LogP contribution < -0.4 is 0 Å². The zero-order chi connectivity index (χ0) is 17.3. The van der Waals surface area contributed by atoms with Gasteiger partial charge in [0.1, 0.15) is 17.5 Å². The summed E-state index contributed by atoms with van der Waals surface area (Å²) in [5.74, 6) is 2.31. The molecule has 1 fully saturated rings. The zero-order valence-electron chi connectivity index (χ0n) is 14.2. The van der Waals surface area contributed by atoms with Crippen LogP contribution in [-0.4, -0.2) is 68.5 Å². The third-order valence-corrected chi connectivity index (χ3v) is 6.06. The van der Waals surface area contributed by atoms with Crippen molar-refractivity contribution in [1.82, 2.24) is 33.9 Å². The summed E-state index contributed by atoms with van der Waals surface area (Å²) in [4.78, 5) is 10.7. The van der Waals surface area contributed by atoms with Gasteiger partial charge in [0.2, 0.25) is 0 Å². The van der Waals surface area contributed by atoms with E-state index in [1.807, 2.05) is 6.92 Å². The molecule has 0 unspecified atom stereocenters. The van der Waals surface area contributed by atoms with E-state index in [0.717, 1.165) is 18.1 Å². The van der Waals surface area contributed by atoms with Gasteiger partial charge in [0.15, 0.2) is 5.03 Å². The molecule has 0 bridgehead atoms. The van der Waals surface area contributed by atoms with Crippen molar-refractivity contribution in [3.8, 4) is 0 Å². The number of piperazine rings is 1. The first-order chi connectivity index (χ1) is 11.4. The number of sulfonamides is 1. The third kappa shape index (κ3) is 3.35. The van der Waals surface area contributed by atoms with E-state index >= 15 is 0 Å². The summed E-state index contributed by atoms with van der Waals surface area (Å²) in [5.41, 5.74) is 0. The van der Waals surface area contributed by atoms with E-state index in [0.29, 0.717) is 38.5 Å². The van der Waals surface area contributed by atoms with Crippen LogP contribution in [0.1, 0.15) is 24.4 Å². The highest BCUT2D eigenvalue weighted by Gasteiger charge is 2.30. The SMILES string of the molecule is CCc1n[nH]c(CN2CCN(S(=O)(=O)c3cn(C)c(C)n3)CC2)n1. The summed E-state index contributed by atoms with van der Waals surface area (Å²) in [6.45, 7) is 6.68. The summed E-state index contributed by atoms with van der Waals surface area (Å²) in [5, 5.41) is 7.18. The van der Waals surface area contributed by atoms with E-state index in [-0.39, 0.29) is 5.03 Å². The molecular weight excluding hydrogens is 330 g/mol. The fourth-order valence-electron chi connectivity index (χ4n) is 2.69. The first-order valence-corrected chi connectivity index (χ1v) is 9.46. The minimum atomic E-state index is -3.52. The van der Waals surface area contributed by atoms with E-state index in [1.54, 1.807) is 24.7 Å². The van der Waals surface area contributed by atoms with E-state index in [1.165, 1.54) is 4.31 Å². The highest BCUT2D eigenvalue weighted by molar-refractivity contribution is 7.89. The first-order valence-electron chi connectivity index (χ1n) is 8.02. The summed E-state index contributed by atoms with van der Waals surface area (Å²) < 4.78 is 28.5. The Kier molecular flexibility index (Phi) is 4.70. The molecule has 0 radical (unpaired) electrons. The van der Waals surface area contributed by atoms with Crippen molar-refractivity contribution in [2.75, 3.05) is 26.2 Å². The average molecular weight is 353 g/mol. The van der Waals surface area contributed by atoms with Gasteiger partial charge in [-0.3, -0.25) is 10.00 Å². The molecule has 10 heteroatoms. The van der Waals surface area contributed by atoms with Gasteiger partial charge in [0.25, 0.3) is 10.0 Å². The van der Waals surface area contributed by atoms with Crippen molar-refractivity contribution < 1.29 is 8.42 Å². The summed E-state index contributed by atoms with van der Waals surface area (Å²) in [7, 11) is -1.73. The molecule has 0 aromatic carbocycles. The molecule has 1 saturated heterocycles. The lowest BCUT2D eigenvalue weighted by atomic mass is 10.3. The van der Waals surface area contributed by atoms with Crippen LogP contribution in [0.4, 0.5) is 0 Å². The van der Waals surface area contributed by atoms with Crippen LogP contribution in [-0.2, 0) is 30.0 Å². The predicted octanol–water partition coefficient (Wildman–Crippen LogP) is -0.0845. The first kappa shape index (κ1) is 17.1. The maximum absolute atomic E-state index is 12.7. The minimum absolute atomic E-state index is 0.124. The van der Waals surface area contributed by atoms with Gasteiger partial charge in [0, 0.05) is 45.8 Å². The lowest BCUT2D eigenvalue weighted by Gasteiger charge is -2.32. The Bertz CT molecular complexity index is 783. The number of aromatic nitrogens is 5. The number of rotatable bonds is 5. The molecule has 0 atom stereocenters. The minimum Gasteiger partial charge on any atom is -0.337 e. The Morgan fingerprint density at radius 3 is 2.46 bits per heavy atom. The number of nitrogens with one attached hydrogen (secondary N) is 1. The smallest absolute Gasteiger partial charge is 0.262 e. The Hall–Kier alpha value is -1.78. The number of H-pyrrole nitrogens is 1. The second-order valence-corrected chi connectivity index (χ2v) is 7.85. The normalized spacial score (nSPS) is 17.5. The van der Waals surface area contributed by atoms with E-state index in [9.17, 15) is 8.42 Å². The average Bonchev–Trinajstić information content (AvgIpc) is 3.15. The van der Waals surface area contributed by atoms with Crippen molar-refractivity contribution in [2.24, 2.45) is 7.05 Å². The molecule has 1 aliphatic heterocycles. The highest BCUT2D eigenvalue weighted by Crippen LogP contribution is 2.17. The van der Waals surface area contributed by atoms with E-state index < -0.39 is 10.0 Å². The van der Waals surface area contributed by atoms with E-state index in [4.69, 9.17) is 0 Å². The van der Waals surface area contributed by atoms with Gasteiger partial charge in [-0.15, -0.1) is 0 Å². The molecule has 132 valence electrons. The van der Waals surface area contributed by atoms with Crippen molar-refractivity contribution in [2.45, 2.75) is 31.8 Å². The molecule has 0 saturated carbocycles. The van der Waals surface area contributed by atoms with Gasteiger partial charge in [-0.1, -0.05) is 6.92 Å². The van der Waals surface area contributed by atoms with Crippen molar-refractivity contribution in [1.29, 1.82) is 0 Å². The second kappa shape index (κ2) is 6.61. The van der Waals surface area contributed by atoms with Crippen molar-refractivity contribution in [3.63, 3.8) is 0 Å². The number of nitrogens with zero attached hydrogens (tertiary/aromatic N) is 6. The van der Waals surface area contributed by atoms with Crippen LogP contribution in [0, 0.1) is 6.92 Å². The number of aromatic amines is 1. The Morgan fingerprint density at radius 1 is 1.21 bits per heavy atom. The standard InChI is InChI=1S/C14H23N7O2S/c1-4-12-16-13(18-17-12)9-20-5-7-21(8-6-20)24(22,23)14-10-19(3)11(2)15-14/h10H,4-9H2,1-3H3,(H,16,17,18). The zero-order valence-corrected chi connectivity index (χ0v) is 15.0. The largest absolute Gasteiger partial charge is 0.337 e. The van der Waals surface area contributed by atoms with Crippen LogP contribution in [0.3, 0.4) is 0 Å². The van der Waals surface area contributed by atoms with Gasteiger partial charge < -0.3 is 4.57 Å². The number of hydrogen-bond acceptors (Lipinski definition) is 6. The van der Waals surface area contributed by atoms with Gasteiger partial charge in [0.05, 0.1) is 6.54 Å². The second-order valence-electron chi connectivity index (χ2n) is 5.97. The Labute approximate surface area is 141 Å². The maximum atomic E-state index is 12.7. The summed E-state index contributed by atoms with van der Waals surface area (Å²) in [6.07, 6.45) is 2.36. The molecule has 1 N–H and O–H groups in total. The Balaban J connectivity index is 1.62. The molecule has 2 aromatic rings. The molecule has 1 aliphatic rings. The quantitative estimate of drug-likeness (QED) is 0.807. The lowest BCUT2D eigenvalue weighted by molar-refractivity contribution is 0.178. The van der Waals surface area contributed by atoms with Crippen molar-refractivity contribution in [3.05, 3.63) is 23.7 Å². The van der Waals surface area contributed by atoms with Crippen LogP contribution >= 0.6 is 0 Å². The molecule has 0 aliphatic carbocycles. The molecule has 3 heterocycles. The molecule has 0 spiro atoms. The van der Waals surface area contributed by atoms with Gasteiger partial charge in [-0.05, 0) is 6.92 Å². The number of hydrogen-bond donors (Lipinski definition) is 1. The van der Waals surface area contributed by atoms with Gasteiger partial charge >= 0.3 is 0 Å². The predicted molar refractivity (Wildman–Crippen MR) is 87.7 cm³/mol. The number of aryl methyl sites for hydroxylation is 3. The van der Waals surface area contributed by atoms with Crippen molar-refractivity contribution >= 4 is 10.0 Å². The van der Waals surface area contributed by atoms with E-state index in [2.05, 4.69) is 25.1 Å². The summed E-state index contributed by atoms with van der Waals surface area (Å²) in [6, 6.07) is 0. The van der Waals surface area contributed by atoms with Crippen LogP contribution in [0.5, 0.6) is 0 Å².